The van der Waals surface area contributed by atoms with Crippen molar-refractivity contribution >= 4 is 16.8 Å². The number of rotatable bonds is 2. The lowest BCUT2D eigenvalue weighted by Gasteiger charge is -2.34. The molecule has 0 unspecified atom stereocenters. The number of hydrogen-bond acceptors (Lipinski definition) is 1. The second-order valence-corrected chi connectivity index (χ2v) is 4.77. The highest BCUT2D eigenvalue weighted by atomic mass is 35.5. The summed E-state index contributed by atoms with van der Waals surface area (Å²) < 4.78 is 13.2. The van der Waals surface area contributed by atoms with E-state index in [-0.39, 0.29) is 11.1 Å². The predicted octanol–water partition coefficient (Wildman–Crippen LogP) is 3.79. The van der Waals surface area contributed by atoms with Crippen molar-refractivity contribution in [1.82, 2.24) is 0 Å². The van der Waals surface area contributed by atoms with Crippen LogP contribution >= 0.6 is 11.6 Å². The van der Waals surface area contributed by atoms with Gasteiger partial charge < -0.3 is 0 Å². The molecule has 0 N–H and O–H groups in total. The Morgan fingerprint density at radius 2 is 1.94 bits per heavy atom. The van der Waals surface area contributed by atoms with Gasteiger partial charge in [0.1, 0.15) is 5.82 Å². The van der Waals surface area contributed by atoms with E-state index in [0.29, 0.717) is 0 Å². The van der Waals surface area contributed by atoms with E-state index >= 15 is 0 Å². The molecular formula is C13H14ClFO. The molecule has 0 bridgehead atoms. The fourth-order valence-corrected chi connectivity index (χ4v) is 2.84. The number of carbonyl (C=O) groups excluding carboxylic acids is 1. The molecule has 1 fully saturated rings. The Morgan fingerprint density at radius 1 is 1.25 bits per heavy atom. The molecule has 2 rings (SSSR count). The van der Waals surface area contributed by atoms with Gasteiger partial charge in [0.2, 0.25) is 5.24 Å². The lowest BCUT2D eigenvalue weighted by molar-refractivity contribution is -0.117. The van der Waals surface area contributed by atoms with Crippen LogP contribution in [0.15, 0.2) is 24.3 Å². The maximum Gasteiger partial charge on any atom is 0.232 e. The molecular weight excluding hydrogens is 227 g/mol. The zero-order valence-corrected chi connectivity index (χ0v) is 9.77. The van der Waals surface area contributed by atoms with E-state index in [1.54, 1.807) is 12.1 Å². The van der Waals surface area contributed by atoms with Gasteiger partial charge in [0, 0.05) is 0 Å². The van der Waals surface area contributed by atoms with Crippen molar-refractivity contribution in [2.24, 2.45) is 0 Å². The Bertz CT molecular complexity index is 397. The third kappa shape index (κ3) is 1.99. The van der Waals surface area contributed by atoms with Crippen LogP contribution in [-0.4, -0.2) is 5.24 Å². The Morgan fingerprint density at radius 3 is 2.50 bits per heavy atom. The van der Waals surface area contributed by atoms with Crippen LogP contribution in [0.5, 0.6) is 0 Å². The minimum atomic E-state index is -0.651. The molecule has 3 heteroatoms. The first-order valence-electron chi connectivity index (χ1n) is 5.61. The van der Waals surface area contributed by atoms with Gasteiger partial charge in [-0.05, 0) is 42.1 Å². The molecule has 0 radical (unpaired) electrons. The van der Waals surface area contributed by atoms with Gasteiger partial charge in [-0.1, -0.05) is 31.4 Å². The van der Waals surface area contributed by atoms with E-state index in [1.807, 2.05) is 0 Å². The van der Waals surface area contributed by atoms with Gasteiger partial charge in [0.15, 0.2) is 0 Å². The minimum absolute atomic E-state index is 0.305. The number of benzene rings is 1. The Labute approximate surface area is 99.6 Å². The summed E-state index contributed by atoms with van der Waals surface area (Å²) in [5.74, 6) is -0.305. The van der Waals surface area contributed by atoms with E-state index in [4.69, 9.17) is 11.6 Å². The first-order valence-corrected chi connectivity index (χ1v) is 5.99. The van der Waals surface area contributed by atoms with Gasteiger partial charge in [0.05, 0.1) is 5.41 Å². The van der Waals surface area contributed by atoms with Crippen LogP contribution in [0, 0.1) is 5.82 Å². The Balaban J connectivity index is 2.42. The van der Waals surface area contributed by atoms with Crippen molar-refractivity contribution in [3.8, 4) is 0 Å². The van der Waals surface area contributed by atoms with Gasteiger partial charge in [-0.2, -0.15) is 0 Å². The average Bonchev–Trinajstić information content (AvgIpc) is 2.30. The summed E-state index contributed by atoms with van der Waals surface area (Å²) in [5.41, 5.74) is 0.0780. The standard InChI is InChI=1S/C13H14ClFO/c14-12(16)13(7-2-1-3-8-13)10-5-4-6-11(15)9-10/h4-6,9H,1-3,7-8H2. The molecule has 1 aliphatic rings. The van der Waals surface area contributed by atoms with Gasteiger partial charge in [-0.15, -0.1) is 0 Å². The first-order chi connectivity index (χ1) is 7.65. The van der Waals surface area contributed by atoms with E-state index in [0.717, 1.165) is 37.7 Å². The summed E-state index contributed by atoms with van der Waals surface area (Å²) in [6.07, 6.45) is 4.56. The minimum Gasteiger partial charge on any atom is -0.280 e. The molecule has 1 aromatic carbocycles. The highest BCUT2D eigenvalue weighted by Crippen LogP contribution is 2.41. The maximum absolute atomic E-state index is 13.2. The van der Waals surface area contributed by atoms with Crippen LogP contribution in [-0.2, 0) is 10.2 Å². The molecule has 1 aliphatic carbocycles. The Kier molecular flexibility index (Phi) is 3.29. The molecule has 16 heavy (non-hydrogen) atoms. The van der Waals surface area contributed by atoms with Crippen LogP contribution in [0.4, 0.5) is 4.39 Å². The van der Waals surface area contributed by atoms with Crippen molar-refractivity contribution < 1.29 is 9.18 Å². The van der Waals surface area contributed by atoms with Crippen molar-refractivity contribution in [1.29, 1.82) is 0 Å². The van der Waals surface area contributed by atoms with Crippen molar-refractivity contribution in [3.63, 3.8) is 0 Å². The first kappa shape index (κ1) is 11.6. The van der Waals surface area contributed by atoms with E-state index < -0.39 is 5.41 Å². The summed E-state index contributed by atoms with van der Waals surface area (Å²) in [7, 11) is 0. The van der Waals surface area contributed by atoms with Crippen molar-refractivity contribution in [3.05, 3.63) is 35.6 Å². The quantitative estimate of drug-likeness (QED) is 0.719. The number of halogens is 2. The molecule has 0 aromatic heterocycles. The molecule has 86 valence electrons. The molecule has 0 aliphatic heterocycles. The highest BCUT2D eigenvalue weighted by molar-refractivity contribution is 6.65. The second kappa shape index (κ2) is 4.54. The SMILES string of the molecule is O=C(Cl)C1(c2cccc(F)c2)CCCCC1. The van der Waals surface area contributed by atoms with Crippen LogP contribution < -0.4 is 0 Å². The number of hydrogen-bond donors (Lipinski definition) is 0. The second-order valence-electron chi connectivity index (χ2n) is 4.43. The zero-order valence-electron chi connectivity index (χ0n) is 9.01. The van der Waals surface area contributed by atoms with Gasteiger partial charge in [-0.25, -0.2) is 4.39 Å². The monoisotopic (exact) mass is 240 g/mol. The summed E-state index contributed by atoms with van der Waals surface area (Å²) in [6, 6.07) is 6.26. The zero-order chi connectivity index (χ0) is 11.6. The molecule has 0 amide bonds. The largest absolute Gasteiger partial charge is 0.280 e. The molecule has 0 atom stereocenters. The van der Waals surface area contributed by atoms with Crippen molar-refractivity contribution in [2.45, 2.75) is 37.5 Å². The normalized spacial score (nSPS) is 19.4. The molecule has 0 spiro atoms. The lowest BCUT2D eigenvalue weighted by atomic mass is 9.70. The van der Waals surface area contributed by atoms with Crippen LogP contribution in [0.25, 0.3) is 0 Å². The molecule has 1 nitrogen and oxygen atoms in total. The van der Waals surface area contributed by atoms with Gasteiger partial charge in [0.25, 0.3) is 0 Å². The van der Waals surface area contributed by atoms with E-state index in [9.17, 15) is 9.18 Å². The molecule has 1 saturated carbocycles. The summed E-state index contributed by atoms with van der Waals surface area (Å²) in [6.45, 7) is 0. The summed E-state index contributed by atoms with van der Waals surface area (Å²) in [4.78, 5) is 11.7. The van der Waals surface area contributed by atoms with Crippen LogP contribution in [0.3, 0.4) is 0 Å². The third-order valence-electron chi connectivity index (χ3n) is 3.46. The molecule has 0 saturated heterocycles. The van der Waals surface area contributed by atoms with E-state index in [1.165, 1.54) is 12.1 Å². The van der Waals surface area contributed by atoms with Gasteiger partial charge >= 0.3 is 0 Å². The van der Waals surface area contributed by atoms with Gasteiger partial charge in [-0.3, -0.25) is 4.79 Å². The van der Waals surface area contributed by atoms with Crippen molar-refractivity contribution in [2.75, 3.05) is 0 Å². The topological polar surface area (TPSA) is 17.1 Å². The molecule has 0 heterocycles. The number of carbonyl (C=O) groups is 1. The molecule has 1 aromatic rings. The van der Waals surface area contributed by atoms with E-state index in [2.05, 4.69) is 0 Å². The third-order valence-corrected chi connectivity index (χ3v) is 3.82. The van der Waals surface area contributed by atoms with Crippen LogP contribution in [0.2, 0.25) is 0 Å². The highest BCUT2D eigenvalue weighted by Gasteiger charge is 2.40. The Hall–Kier alpha value is -0.890. The predicted molar refractivity (Wildman–Crippen MR) is 62.0 cm³/mol. The fourth-order valence-electron chi connectivity index (χ4n) is 2.54. The lowest BCUT2D eigenvalue weighted by Crippen LogP contribution is -2.35. The fraction of sp³-hybridized carbons (Fsp3) is 0.462. The maximum atomic E-state index is 13.2. The average molecular weight is 241 g/mol. The smallest absolute Gasteiger partial charge is 0.232 e. The van der Waals surface area contributed by atoms with Crippen LogP contribution in [0.1, 0.15) is 37.7 Å². The summed E-state index contributed by atoms with van der Waals surface area (Å²) in [5, 5.41) is -0.349. The summed E-state index contributed by atoms with van der Waals surface area (Å²) >= 11 is 5.74.